The number of methoxy groups -OCH3 is 1. The molecule has 4 rings (SSSR count). The lowest BCUT2D eigenvalue weighted by Crippen LogP contribution is -2.55. The third-order valence-corrected chi connectivity index (χ3v) is 9.78. The Morgan fingerprint density at radius 1 is 0.810 bits per heavy atom. The van der Waals surface area contributed by atoms with Crippen LogP contribution < -0.4 is 0 Å². The Balaban J connectivity index is 1.71. The first-order chi connectivity index (χ1) is 19.6. The number of hydrogen-bond donors (Lipinski definition) is 0. The summed E-state index contributed by atoms with van der Waals surface area (Å²) in [5.74, 6) is -0.730. The number of benzene rings is 2. The van der Waals surface area contributed by atoms with Crippen molar-refractivity contribution in [3.8, 4) is 0 Å². The number of carbonyl (C=O) groups is 2. The van der Waals surface area contributed by atoms with E-state index < -0.39 is 50.9 Å². The topological polar surface area (TPSA) is 70.2 Å². The van der Waals surface area contributed by atoms with E-state index in [-0.39, 0.29) is 49.0 Å². The molecule has 2 saturated heterocycles. The van der Waals surface area contributed by atoms with E-state index in [9.17, 15) is 44.5 Å². The van der Waals surface area contributed by atoms with Crippen molar-refractivity contribution >= 4 is 22.7 Å². The highest BCUT2D eigenvalue weighted by Gasteiger charge is 2.73. The van der Waals surface area contributed by atoms with E-state index in [4.69, 9.17) is 0 Å². The fourth-order valence-electron chi connectivity index (χ4n) is 5.48. The van der Waals surface area contributed by atoms with Gasteiger partial charge in [0, 0.05) is 63.8 Å². The van der Waals surface area contributed by atoms with Gasteiger partial charge in [0.2, 0.25) is 5.91 Å². The summed E-state index contributed by atoms with van der Waals surface area (Å²) < 4.78 is 113. The minimum absolute atomic E-state index is 0.0590. The summed E-state index contributed by atoms with van der Waals surface area (Å²) in [5, 5.41) is 0. The molecule has 2 aliphatic rings. The van der Waals surface area contributed by atoms with Crippen LogP contribution in [-0.4, -0.2) is 89.6 Å². The highest BCUT2D eigenvalue weighted by Crippen LogP contribution is 2.53. The number of halogens is 7. The zero-order valence-corrected chi connectivity index (χ0v) is 23.4. The Labute approximate surface area is 239 Å². The van der Waals surface area contributed by atoms with Crippen molar-refractivity contribution in [1.82, 2.24) is 14.7 Å². The number of piperazine rings is 1. The Bertz CT molecular complexity index is 1310. The van der Waals surface area contributed by atoms with Gasteiger partial charge in [-0.15, -0.1) is 0 Å². The lowest BCUT2D eigenvalue weighted by atomic mass is 9.88. The lowest BCUT2D eigenvalue weighted by Gasteiger charge is -2.37. The average Bonchev–Trinajstić information content (AvgIpc) is 3.39. The van der Waals surface area contributed by atoms with Gasteiger partial charge in [-0.1, -0.05) is 24.3 Å². The maximum Gasteiger partial charge on any atom is 0.430 e. The number of likely N-dealkylation sites (tertiary alicyclic amines) is 1. The summed E-state index contributed by atoms with van der Waals surface area (Å²) in [6.45, 7) is 2.49. The Kier molecular flexibility index (Phi) is 8.67. The molecule has 3 amide bonds. The van der Waals surface area contributed by atoms with E-state index >= 15 is 0 Å². The van der Waals surface area contributed by atoms with Crippen LogP contribution in [0.25, 0.3) is 0 Å². The molecule has 7 nitrogen and oxygen atoms in total. The minimum atomic E-state index is -5.85. The molecule has 0 radical (unpaired) electrons. The number of nitrogens with zero attached hydrogens (tertiary/aromatic N) is 3. The van der Waals surface area contributed by atoms with E-state index in [0.29, 0.717) is 32.3 Å². The van der Waals surface area contributed by atoms with Gasteiger partial charge < -0.3 is 19.4 Å². The second kappa shape index (κ2) is 11.5. The average molecular weight is 624 g/mol. The Morgan fingerprint density at radius 2 is 1.33 bits per heavy atom. The lowest BCUT2D eigenvalue weighted by molar-refractivity contribution is -0.383. The molecule has 0 spiro atoms. The number of rotatable bonds is 5. The molecule has 42 heavy (non-hydrogen) atoms. The van der Waals surface area contributed by atoms with Crippen LogP contribution >= 0.6 is 0 Å². The molecule has 0 bridgehead atoms. The highest BCUT2D eigenvalue weighted by molar-refractivity contribution is 7.86. The van der Waals surface area contributed by atoms with Crippen molar-refractivity contribution in [1.29, 1.82) is 0 Å². The summed E-state index contributed by atoms with van der Waals surface area (Å²) in [6.07, 6.45) is -11.6. The van der Waals surface area contributed by atoms with Gasteiger partial charge in [0.15, 0.2) is 0 Å². The molecule has 2 aliphatic heterocycles. The first-order valence-electron chi connectivity index (χ1n) is 12.8. The Morgan fingerprint density at radius 3 is 1.81 bits per heavy atom. The summed E-state index contributed by atoms with van der Waals surface area (Å²) in [4.78, 5) is 29.7. The van der Waals surface area contributed by atoms with Crippen molar-refractivity contribution in [3.05, 3.63) is 65.5 Å². The molecule has 230 valence electrons. The van der Waals surface area contributed by atoms with Crippen LogP contribution in [-0.2, 0) is 30.7 Å². The predicted octanol–water partition coefficient (Wildman–Crippen LogP) is 4.78. The third-order valence-electron chi connectivity index (χ3n) is 7.80. The van der Waals surface area contributed by atoms with Gasteiger partial charge in [-0.25, -0.2) is 9.18 Å². The first kappa shape index (κ1) is 31.7. The van der Waals surface area contributed by atoms with E-state index in [1.54, 1.807) is 4.90 Å². The quantitative estimate of drug-likeness (QED) is 0.450. The zero-order valence-electron chi connectivity index (χ0n) is 22.6. The van der Waals surface area contributed by atoms with E-state index in [1.807, 2.05) is 0 Å². The molecule has 2 atom stereocenters. The molecule has 0 aliphatic carbocycles. The molecule has 15 heteroatoms. The molecule has 0 N–H and O–H groups in total. The number of amides is 3. The molecular formula is C27H28F7N3O4S. The van der Waals surface area contributed by atoms with Gasteiger partial charge in [0.1, 0.15) is 5.82 Å². The van der Waals surface area contributed by atoms with Crippen molar-refractivity contribution in [3.63, 3.8) is 0 Å². The number of ether oxygens (including phenoxy) is 1. The minimum Gasteiger partial charge on any atom is -0.357 e. The van der Waals surface area contributed by atoms with Crippen molar-refractivity contribution in [2.24, 2.45) is 0 Å². The first-order valence-corrected chi connectivity index (χ1v) is 14.0. The van der Waals surface area contributed by atoms with Crippen molar-refractivity contribution in [2.75, 3.05) is 46.4 Å². The second-order valence-electron chi connectivity index (χ2n) is 10.1. The normalized spacial score (nSPS) is 21.0. The van der Waals surface area contributed by atoms with Gasteiger partial charge in [-0.2, -0.15) is 26.3 Å². The molecule has 0 aromatic heterocycles. The molecule has 2 aromatic carbocycles. The highest BCUT2D eigenvalue weighted by atomic mass is 32.2. The summed E-state index contributed by atoms with van der Waals surface area (Å²) in [6, 6.07) is 7.63. The largest absolute Gasteiger partial charge is 0.430 e. The number of carbonyl (C=O) groups excluding carboxylic acids is 2. The van der Waals surface area contributed by atoms with E-state index in [2.05, 4.69) is 4.74 Å². The zero-order chi connectivity index (χ0) is 31.1. The molecule has 2 heterocycles. The monoisotopic (exact) mass is 623 g/mol. The SMILES string of the molecule is COC(c1ccc([C@]2(S(=O)c3ccc(F)cc3)CCN(C(=O)N3CCN(C(C)=O)CC3)C2)cc1)(C(F)(F)F)C(F)(F)F. The molecule has 2 fully saturated rings. The van der Waals surface area contributed by atoms with Crippen LogP contribution in [0, 0.1) is 5.82 Å². The van der Waals surface area contributed by atoms with Gasteiger partial charge >= 0.3 is 18.4 Å². The van der Waals surface area contributed by atoms with Crippen LogP contribution in [0.2, 0.25) is 0 Å². The number of alkyl halides is 6. The maximum atomic E-state index is 14.0. The molecule has 0 saturated carbocycles. The number of urea groups is 1. The van der Waals surface area contributed by atoms with Crippen LogP contribution in [0.4, 0.5) is 35.5 Å². The molecular weight excluding hydrogens is 595 g/mol. The fourth-order valence-corrected chi connectivity index (χ4v) is 7.22. The van der Waals surface area contributed by atoms with Gasteiger partial charge in [0.05, 0.1) is 15.5 Å². The maximum absolute atomic E-state index is 14.0. The van der Waals surface area contributed by atoms with Crippen molar-refractivity contribution < 1.29 is 49.3 Å². The predicted molar refractivity (Wildman–Crippen MR) is 137 cm³/mol. The molecule has 1 unspecified atom stereocenters. The van der Waals surface area contributed by atoms with Crippen molar-refractivity contribution in [2.45, 2.75) is 40.9 Å². The summed E-state index contributed by atoms with van der Waals surface area (Å²) in [7, 11) is -1.69. The summed E-state index contributed by atoms with van der Waals surface area (Å²) >= 11 is 0. The van der Waals surface area contributed by atoms with Gasteiger partial charge in [0.25, 0.3) is 5.60 Å². The molecule has 2 aromatic rings. The van der Waals surface area contributed by atoms with Gasteiger partial charge in [-0.05, 0) is 36.2 Å². The van der Waals surface area contributed by atoms with Crippen LogP contribution in [0.15, 0.2) is 53.4 Å². The van der Waals surface area contributed by atoms with Crippen LogP contribution in [0.5, 0.6) is 0 Å². The van der Waals surface area contributed by atoms with Crippen LogP contribution in [0.3, 0.4) is 0 Å². The number of hydrogen-bond acceptors (Lipinski definition) is 4. The van der Waals surface area contributed by atoms with Crippen LogP contribution in [0.1, 0.15) is 24.5 Å². The smallest absolute Gasteiger partial charge is 0.357 e. The van der Waals surface area contributed by atoms with Gasteiger partial charge in [-0.3, -0.25) is 9.00 Å². The standard InChI is InChI=1S/C27H28F7N3O4S/c1-18(38)35-13-15-36(16-14-35)23(39)37-12-11-24(17-37,42(40)22-9-7-21(28)8-10-22)19-3-5-20(6-4-19)25(41-2,26(29,30)31)27(32,33)34/h3-10H,11-17H2,1-2H3/t24-,42?/m0/s1. The summed E-state index contributed by atoms with van der Waals surface area (Å²) in [5.41, 5.74) is -5.67. The third kappa shape index (κ3) is 5.48. The second-order valence-corrected chi connectivity index (χ2v) is 11.9. The Hall–Kier alpha value is -3.20. The fraction of sp³-hybridized carbons (Fsp3) is 0.481. The van der Waals surface area contributed by atoms with E-state index in [0.717, 1.165) is 24.3 Å². The van der Waals surface area contributed by atoms with E-state index in [1.165, 1.54) is 28.9 Å².